The van der Waals surface area contributed by atoms with E-state index in [9.17, 15) is 19.3 Å². The van der Waals surface area contributed by atoms with E-state index >= 15 is 0 Å². The van der Waals surface area contributed by atoms with E-state index in [0.717, 1.165) is 0 Å². The number of fused-ring (bicyclic) bond motifs is 1. The maximum atomic E-state index is 14.0. The summed E-state index contributed by atoms with van der Waals surface area (Å²) in [6.07, 6.45) is 0. The van der Waals surface area contributed by atoms with Crippen LogP contribution in [-0.4, -0.2) is 15.8 Å². The van der Waals surface area contributed by atoms with Gasteiger partial charge in [-0.25, -0.2) is 9.37 Å². The molecule has 5 rings (SSSR count). The van der Waals surface area contributed by atoms with Gasteiger partial charge in [0.25, 0.3) is 11.6 Å². The fourth-order valence-corrected chi connectivity index (χ4v) is 3.39. The van der Waals surface area contributed by atoms with Crippen molar-refractivity contribution in [2.45, 2.75) is 0 Å². The van der Waals surface area contributed by atoms with Gasteiger partial charge in [0, 0.05) is 11.8 Å². The van der Waals surface area contributed by atoms with E-state index < -0.39 is 16.6 Å². The number of aromatic nitrogens is 1. The van der Waals surface area contributed by atoms with Gasteiger partial charge in [-0.2, -0.15) is 0 Å². The van der Waals surface area contributed by atoms with Crippen LogP contribution in [0.25, 0.3) is 33.9 Å². The summed E-state index contributed by atoms with van der Waals surface area (Å²) in [6.45, 7) is 0. The molecule has 33 heavy (non-hydrogen) atoms. The molecule has 8 nitrogen and oxygen atoms in total. The zero-order valence-corrected chi connectivity index (χ0v) is 16.8. The first-order valence-corrected chi connectivity index (χ1v) is 9.80. The van der Waals surface area contributed by atoms with Crippen LogP contribution in [0.5, 0.6) is 0 Å². The quantitative estimate of drug-likeness (QED) is 0.261. The van der Waals surface area contributed by atoms with Gasteiger partial charge in [-0.05, 0) is 48.5 Å². The van der Waals surface area contributed by atoms with Gasteiger partial charge in [-0.15, -0.1) is 0 Å². The van der Waals surface area contributed by atoms with Crippen molar-refractivity contribution in [3.05, 3.63) is 101 Å². The second kappa shape index (κ2) is 8.04. The summed E-state index contributed by atoms with van der Waals surface area (Å²) in [4.78, 5) is 27.7. The molecular formula is C24H14FN3O5. The third-order valence-electron chi connectivity index (χ3n) is 4.95. The highest BCUT2D eigenvalue weighted by Gasteiger charge is 2.20. The molecule has 162 valence electrons. The standard InChI is InChI=1S/C24H14FN3O5/c25-17-7-3-1-5-15(17)24-27-18-13-14(9-10-21(18)33-24)26-23(29)22-12-11-20(32-22)16-6-2-4-8-19(16)28(30)31/h1-13H,(H,26,29). The second-order valence-electron chi connectivity index (χ2n) is 7.07. The Bertz CT molecular complexity index is 1520. The number of furan rings is 1. The van der Waals surface area contributed by atoms with Crippen LogP contribution >= 0.6 is 0 Å². The first kappa shape index (κ1) is 20.1. The molecule has 1 N–H and O–H groups in total. The molecule has 9 heteroatoms. The van der Waals surface area contributed by atoms with Crippen molar-refractivity contribution in [2.24, 2.45) is 0 Å². The Labute approximate surface area is 185 Å². The van der Waals surface area contributed by atoms with Crippen LogP contribution in [0.2, 0.25) is 0 Å². The van der Waals surface area contributed by atoms with Gasteiger partial charge in [-0.3, -0.25) is 14.9 Å². The van der Waals surface area contributed by atoms with Crippen molar-refractivity contribution in [1.29, 1.82) is 0 Å². The van der Waals surface area contributed by atoms with E-state index in [-0.39, 0.29) is 34.2 Å². The summed E-state index contributed by atoms with van der Waals surface area (Å²) in [5.74, 6) is -0.682. The summed E-state index contributed by atoms with van der Waals surface area (Å²) in [7, 11) is 0. The topological polar surface area (TPSA) is 111 Å². The van der Waals surface area contributed by atoms with Crippen LogP contribution in [0.15, 0.2) is 87.7 Å². The summed E-state index contributed by atoms with van der Waals surface area (Å²) in [6, 6.07) is 20.0. The number of nitrogens with one attached hydrogen (secondary N) is 1. The minimum absolute atomic E-state index is 0.0181. The SMILES string of the molecule is O=C(Nc1ccc2oc(-c3ccccc3F)nc2c1)c1ccc(-c2ccccc2[N+](=O)[O-])o1. The summed E-state index contributed by atoms with van der Waals surface area (Å²) in [5, 5.41) is 13.9. The molecule has 0 bridgehead atoms. The van der Waals surface area contributed by atoms with Gasteiger partial charge in [0.05, 0.1) is 16.1 Å². The largest absolute Gasteiger partial charge is 0.451 e. The Morgan fingerprint density at radius 3 is 2.48 bits per heavy atom. The Kier molecular flexibility index (Phi) is 4.91. The van der Waals surface area contributed by atoms with Crippen LogP contribution in [-0.2, 0) is 0 Å². The zero-order chi connectivity index (χ0) is 22.9. The van der Waals surface area contributed by atoms with Gasteiger partial charge in [0.15, 0.2) is 11.3 Å². The molecule has 0 radical (unpaired) electrons. The molecule has 0 saturated heterocycles. The van der Waals surface area contributed by atoms with Gasteiger partial charge in [-0.1, -0.05) is 24.3 Å². The van der Waals surface area contributed by atoms with Crippen LogP contribution in [0.3, 0.4) is 0 Å². The zero-order valence-electron chi connectivity index (χ0n) is 16.8. The van der Waals surface area contributed by atoms with Crippen molar-refractivity contribution >= 4 is 28.4 Å². The third-order valence-corrected chi connectivity index (χ3v) is 4.95. The number of hydrogen-bond acceptors (Lipinski definition) is 6. The lowest BCUT2D eigenvalue weighted by molar-refractivity contribution is -0.384. The third kappa shape index (κ3) is 3.83. The van der Waals surface area contributed by atoms with E-state index in [1.807, 2.05) is 0 Å². The van der Waals surface area contributed by atoms with Crippen molar-refractivity contribution in [3.63, 3.8) is 0 Å². The molecule has 0 atom stereocenters. The van der Waals surface area contributed by atoms with Crippen molar-refractivity contribution < 1.29 is 22.9 Å². The molecule has 0 saturated carbocycles. The Hall–Kier alpha value is -4.79. The molecule has 0 aliphatic carbocycles. The number of oxazole rings is 1. The van der Waals surface area contributed by atoms with E-state index in [1.165, 1.54) is 24.3 Å². The number of para-hydroxylation sites is 1. The number of nitrogens with zero attached hydrogens (tertiary/aromatic N) is 2. The van der Waals surface area contributed by atoms with E-state index in [0.29, 0.717) is 16.8 Å². The molecule has 3 aromatic carbocycles. The van der Waals surface area contributed by atoms with E-state index in [4.69, 9.17) is 8.83 Å². The van der Waals surface area contributed by atoms with Crippen LogP contribution in [0, 0.1) is 15.9 Å². The normalized spacial score (nSPS) is 10.9. The molecule has 0 aliphatic rings. The maximum absolute atomic E-state index is 14.0. The number of halogens is 1. The van der Waals surface area contributed by atoms with Crippen LogP contribution < -0.4 is 5.32 Å². The molecule has 0 fully saturated rings. The highest BCUT2D eigenvalue weighted by atomic mass is 19.1. The Balaban J connectivity index is 1.39. The van der Waals surface area contributed by atoms with E-state index in [1.54, 1.807) is 54.6 Å². The minimum Gasteiger partial charge on any atom is -0.451 e. The number of nitro groups is 1. The highest BCUT2D eigenvalue weighted by Crippen LogP contribution is 2.31. The Morgan fingerprint density at radius 2 is 1.70 bits per heavy atom. The first-order valence-electron chi connectivity index (χ1n) is 9.80. The van der Waals surface area contributed by atoms with Crippen LogP contribution in [0.4, 0.5) is 15.8 Å². The van der Waals surface area contributed by atoms with Gasteiger partial charge in [0.1, 0.15) is 17.1 Å². The first-order chi connectivity index (χ1) is 16.0. The number of rotatable bonds is 5. The van der Waals surface area contributed by atoms with Gasteiger partial charge >= 0.3 is 0 Å². The molecule has 2 aromatic heterocycles. The smallest absolute Gasteiger partial charge is 0.291 e. The monoisotopic (exact) mass is 443 g/mol. The lowest BCUT2D eigenvalue weighted by atomic mass is 10.1. The van der Waals surface area contributed by atoms with Crippen molar-refractivity contribution in [3.8, 4) is 22.8 Å². The molecule has 1 amide bonds. The number of benzene rings is 3. The fraction of sp³-hybridized carbons (Fsp3) is 0. The number of amides is 1. The number of anilines is 1. The average molecular weight is 443 g/mol. The molecule has 0 aliphatic heterocycles. The summed E-state index contributed by atoms with van der Waals surface area (Å²) < 4.78 is 25.2. The van der Waals surface area contributed by atoms with Crippen LogP contribution in [0.1, 0.15) is 10.6 Å². The second-order valence-corrected chi connectivity index (χ2v) is 7.07. The number of nitro benzene ring substituents is 1. The predicted molar refractivity (Wildman–Crippen MR) is 118 cm³/mol. The predicted octanol–water partition coefficient (Wildman–Crippen LogP) is 6.05. The Morgan fingerprint density at radius 1 is 0.939 bits per heavy atom. The van der Waals surface area contributed by atoms with Gasteiger partial charge in [0.2, 0.25) is 5.89 Å². The fourth-order valence-electron chi connectivity index (χ4n) is 3.39. The highest BCUT2D eigenvalue weighted by molar-refractivity contribution is 6.03. The van der Waals surface area contributed by atoms with Gasteiger partial charge < -0.3 is 14.2 Å². The number of carbonyl (C=O) groups is 1. The molecule has 0 spiro atoms. The minimum atomic E-state index is -0.544. The number of hydrogen-bond donors (Lipinski definition) is 1. The molecule has 5 aromatic rings. The maximum Gasteiger partial charge on any atom is 0.291 e. The van der Waals surface area contributed by atoms with Crippen molar-refractivity contribution in [2.75, 3.05) is 5.32 Å². The molecular weight excluding hydrogens is 429 g/mol. The lowest BCUT2D eigenvalue weighted by Crippen LogP contribution is -2.10. The number of carbonyl (C=O) groups excluding carboxylic acids is 1. The lowest BCUT2D eigenvalue weighted by Gasteiger charge is -2.03. The van der Waals surface area contributed by atoms with Crippen molar-refractivity contribution in [1.82, 2.24) is 4.98 Å². The van der Waals surface area contributed by atoms with E-state index in [2.05, 4.69) is 10.3 Å². The average Bonchev–Trinajstić information content (AvgIpc) is 3.46. The molecule has 2 heterocycles. The summed E-state index contributed by atoms with van der Waals surface area (Å²) >= 11 is 0. The summed E-state index contributed by atoms with van der Waals surface area (Å²) in [5.41, 5.74) is 1.67. The molecule has 0 unspecified atom stereocenters.